The van der Waals surface area contributed by atoms with E-state index < -0.39 is 0 Å². The lowest BCUT2D eigenvalue weighted by Crippen LogP contribution is -2.20. The van der Waals surface area contributed by atoms with E-state index in [9.17, 15) is 4.79 Å². The third-order valence-corrected chi connectivity index (χ3v) is 4.61. The normalized spacial score (nSPS) is 10.8. The van der Waals surface area contributed by atoms with Crippen molar-refractivity contribution >= 4 is 34.1 Å². The molecule has 1 amide bonds. The number of hydrogen-bond donors (Lipinski definition) is 1. The fourth-order valence-electron chi connectivity index (χ4n) is 1.77. The highest BCUT2D eigenvalue weighted by Gasteiger charge is 2.11. The first-order valence-electron chi connectivity index (χ1n) is 6.94. The Labute approximate surface area is 138 Å². The van der Waals surface area contributed by atoms with Crippen molar-refractivity contribution < 1.29 is 9.53 Å². The van der Waals surface area contributed by atoms with Gasteiger partial charge >= 0.3 is 0 Å². The monoisotopic (exact) mass is 337 g/mol. The molecule has 0 saturated carbocycles. The highest BCUT2D eigenvalue weighted by molar-refractivity contribution is 8.01. The third-order valence-electron chi connectivity index (χ3n) is 2.68. The van der Waals surface area contributed by atoms with Gasteiger partial charge in [-0.2, -0.15) is 0 Å². The second kappa shape index (κ2) is 7.60. The van der Waals surface area contributed by atoms with E-state index in [0.717, 1.165) is 9.90 Å². The fourth-order valence-corrected chi connectivity index (χ4v) is 3.76. The zero-order valence-corrected chi connectivity index (χ0v) is 14.7. The highest BCUT2D eigenvalue weighted by atomic mass is 32.2. The number of benzene rings is 1. The molecule has 0 aliphatic rings. The first-order chi connectivity index (χ1) is 10.4. The standard InChI is InChI=1S/C15H19N3O2S2/c1-9(2)21-15-18-17-14(22-15)16-13(19)8-20-12-6-5-10(3)7-11(12)4/h5-7,9H,8H2,1-4H3,(H,16,17,19). The van der Waals surface area contributed by atoms with Crippen LogP contribution in [0.5, 0.6) is 5.75 Å². The Morgan fingerprint density at radius 1 is 1.36 bits per heavy atom. The summed E-state index contributed by atoms with van der Waals surface area (Å²) in [5.41, 5.74) is 2.18. The molecule has 5 nitrogen and oxygen atoms in total. The van der Waals surface area contributed by atoms with Gasteiger partial charge in [-0.05, 0) is 25.5 Å². The average molecular weight is 337 g/mol. The molecule has 0 bridgehead atoms. The summed E-state index contributed by atoms with van der Waals surface area (Å²) in [5, 5.41) is 11.6. The highest BCUT2D eigenvalue weighted by Crippen LogP contribution is 2.28. The molecule has 0 saturated heterocycles. The third kappa shape index (κ3) is 4.99. The van der Waals surface area contributed by atoms with Gasteiger partial charge in [-0.15, -0.1) is 10.2 Å². The molecule has 2 rings (SSSR count). The van der Waals surface area contributed by atoms with Crippen LogP contribution < -0.4 is 10.1 Å². The molecule has 22 heavy (non-hydrogen) atoms. The summed E-state index contributed by atoms with van der Waals surface area (Å²) >= 11 is 2.99. The van der Waals surface area contributed by atoms with Crippen molar-refractivity contribution in [3.63, 3.8) is 0 Å². The largest absolute Gasteiger partial charge is 0.483 e. The lowest BCUT2D eigenvalue weighted by atomic mass is 10.1. The summed E-state index contributed by atoms with van der Waals surface area (Å²) in [7, 11) is 0. The van der Waals surface area contributed by atoms with Crippen LogP contribution in [-0.2, 0) is 4.79 Å². The van der Waals surface area contributed by atoms with Crippen LogP contribution >= 0.6 is 23.1 Å². The van der Waals surface area contributed by atoms with Gasteiger partial charge in [0.15, 0.2) is 10.9 Å². The van der Waals surface area contributed by atoms with Crippen LogP contribution in [0.25, 0.3) is 0 Å². The van der Waals surface area contributed by atoms with Crippen molar-refractivity contribution in [2.75, 3.05) is 11.9 Å². The second-order valence-corrected chi connectivity index (χ2v) is 7.95. The van der Waals surface area contributed by atoms with Crippen LogP contribution in [0.2, 0.25) is 0 Å². The summed E-state index contributed by atoms with van der Waals surface area (Å²) in [6.07, 6.45) is 0. The van der Waals surface area contributed by atoms with Gasteiger partial charge in [0.05, 0.1) is 0 Å². The molecule has 118 valence electrons. The Hall–Kier alpha value is -1.60. The number of nitrogens with zero attached hydrogens (tertiary/aromatic N) is 2. The quantitative estimate of drug-likeness (QED) is 0.643. The summed E-state index contributed by atoms with van der Waals surface area (Å²) in [6, 6.07) is 5.86. The van der Waals surface area contributed by atoms with Crippen molar-refractivity contribution in [3.8, 4) is 5.75 Å². The Bertz CT molecular complexity index is 656. The smallest absolute Gasteiger partial charge is 0.264 e. The van der Waals surface area contributed by atoms with Gasteiger partial charge in [0.1, 0.15) is 5.75 Å². The SMILES string of the molecule is Cc1ccc(OCC(=O)Nc2nnc(SC(C)C)s2)c(C)c1. The predicted octanol–water partition coefficient (Wildman–Crippen LogP) is 3.67. The van der Waals surface area contributed by atoms with Crippen LogP contribution in [0, 0.1) is 13.8 Å². The molecular weight excluding hydrogens is 318 g/mol. The molecule has 0 radical (unpaired) electrons. The van der Waals surface area contributed by atoms with Crippen molar-refractivity contribution in [2.45, 2.75) is 37.3 Å². The van der Waals surface area contributed by atoms with Crippen molar-refractivity contribution in [1.82, 2.24) is 10.2 Å². The van der Waals surface area contributed by atoms with Crippen molar-refractivity contribution in [1.29, 1.82) is 0 Å². The van der Waals surface area contributed by atoms with Crippen molar-refractivity contribution in [3.05, 3.63) is 29.3 Å². The van der Waals surface area contributed by atoms with Gasteiger partial charge in [-0.3, -0.25) is 10.1 Å². The van der Waals surface area contributed by atoms with E-state index in [0.29, 0.717) is 16.1 Å². The maximum Gasteiger partial charge on any atom is 0.264 e. The molecule has 0 spiro atoms. The Kier molecular flexibility index (Phi) is 5.79. The molecular formula is C15H19N3O2S2. The number of anilines is 1. The zero-order valence-electron chi connectivity index (χ0n) is 13.0. The summed E-state index contributed by atoms with van der Waals surface area (Å²) in [6.45, 7) is 8.10. The van der Waals surface area contributed by atoms with Gasteiger partial charge < -0.3 is 4.74 Å². The number of nitrogens with one attached hydrogen (secondary N) is 1. The summed E-state index contributed by atoms with van der Waals surface area (Å²) < 4.78 is 6.38. The van der Waals surface area contributed by atoms with Crippen LogP contribution in [-0.4, -0.2) is 28.0 Å². The molecule has 0 fully saturated rings. The molecule has 1 heterocycles. The number of carbonyl (C=O) groups excluding carboxylic acids is 1. The number of amides is 1. The van der Waals surface area contributed by atoms with E-state index in [2.05, 4.69) is 29.4 Å². The summed E-state index contributed by atoms with van der Waals surface area (Å²) in [4.78, 5) is 11.9. The van der Waals surface area contributed by atoms with Crippen LogP contribution in [0.3, 0.4) is 0 Å². The number of hydrogen-bond acceptors (Lipinski definition) is 6. The molecule has 0 atom stereocenters. The lowest BCUT2D eigenvalue weighted by Gasteiger charge is -2.09. The van der Waals surface area contributed by atoms with E-state index in [1.807, 2.05) is 32.0 Å². The minimum Gasteiger partial charge on any atom is -0.483 e. The van der Waals surface area contributed by atoms with Crippen LogP contribution in [0.1, 0.15) is 25.0 Å². The average Bonchev–Trinajstić information content (AvgIpc) is 2.84. The van der Waals surface area contributed by atoms with E-state index in [1.165, 1.54) is 16.9 Å². The van der Waals surface area contributed by atoms with Gasteiger partial charge in [-0.1, -0.05) is 54.6 Å². The maximum absolute atomic E-state index is 11.9. The first kappa shape index (κ1) is 16.8. The van der Waals surface area contributed by atoms with E-state index in [-0.39, 0.29) is 12.5 Å². The Morgan fingerprint density at radius 3 is 2.82 bits per heavy atom. The number of carbonyl (C=O) groups is 1. The van der Waals surface area contributed by atoms with E-state index in [1.54, 1.807) is 11.8 Å². The minimum absolute atomic E-state index is 0.0455. The van der Waals surface area contributed by atoms with Crippen LogP contribution in [0.15, 0.2) is 22.5 Å². The van der Waals surface area contributed by atoms with Crippen molar-refractivity contribution in [2.24, 2.45) is 0 Å². The Balaban J connectivity index is 1.86. The number of rotatable bonds is 6. The van der Waals surface area contributed by atoms with Crippen LogP contribution in [0.4, 0.5) is 5.13 Å². The Morgan fingerprint density at radius 2 is 2.14 bits per heavy atom. The van der Waals surface area contributed by atoms with Gasteiger partial charge in [0.25, 0.3) is 5.91 Å². The molecule has 2 aromatic rings. The minimum atomic E-state index is -0.239. The molecule has 0 aliphatic heterocycles. The lowest BCUT2D eigenvalue weighted by molar-refractivity contribution is -0.118. The first-order valence-corrected chi connectivity index (χ1v) is 8.63. The predicted molar refractivity (Wildman–Crippen MR) is 90.9 cm³/mol. The van der Waals surface area contributed by atoms with E-state index >= 15 is 0 Å². The zero-order chi connectivity index (χ0) is 16.1. The van der Waals surface area contributed by atoms with E-state index in [4.69, 9.17) is 4.74 Å². The second-order valence-electron chi connectivity index (χ2n) is 5.15. The molecule has 1 aromatic carbocycles. The maximum atomic E-state index is 11.9. The molecule has 1 aromatic heterocycles. The molecule has 0 aliphatic carbocycles. The molecule has 7 heteroatoms. The fraction of sp³-hybridized carbons (Fsp3) is 0.400. The molecule has 1 N–H and O–H groups in total. The number of aromatic nitrogens is 2. The van der Waals surface area contributed by atoms with Gasteiger partial charge in [-0.25, -0.2) is 0 Å². The topological polar surface area (TPSA) is 64.1 Å². The molecule has 0 unspecified atom stereocenters. The van der Waals surface area contributed by atoms with Gasteiger partial charge in [0, 0.05) is 5.25 Å². The summed E-state index contributed by atoms with van der Waals surface area (Å²) in [5.74, 6) is 0.478. The van der Waals surface area contributed by atoms with Gasteiger partial charge in [0.2, 0.25) is 5.13 Å². The number of thioether (sulfide) groups is 1. The number of aryl methyl sites for hydroxylation is 2. The number of ether oxygens (including phenoxy) is 1.